The Bertz CT molecular complexity index is 548. The summed E-state index contributed by atoms with van der Waals surface area (Å²) in [5, 5.41) is 3.19. The summed E-state index contributed by atoms with van der Waals surface area (Å²) >= 11 is 0. The lowest BCUT2D eigenvalue weighted by Crippen LogP contribution is -2.53. The van der Waals surface area contributed by atoms with Crippen LogP contribution in [0.25, 0.3) is 0 Å². The molecule has 0 atom stereocenters. The highest BCUT2D eigenvalue weighted by Crippen LogP contribution is 2.29. The molecule has 1 N–H and O–H groups in total. The van der Waals surface area contributed by atoms with Crippen LogP contribution in [-0.2, 0) is 10.2 Å². The van der Waals surface area contributed by atoms with Crippen molar-refractivity contribution in [3.8, 4) is 0 Å². The van der Waals surface area contributed by atoms with Crippen LogP contribution in [0.3, 0.4) is 0 Å². The maximum atomic E-state index is 12.6. The van der Waals surface area contributed by atoms with Crippen molar-refractivity contribution < 1.29 is 8.42 Å². The number of piperidine rings is 1. The Labute approximate surface area is 127 Å². The van der Waals surface area contributed by atoms with Crippen LogP contribution in [0.4, 0.5) is 0 Å². The molecule has 2 saturated heterocycles. The average molecular weight is 309 g/mol. The van der Waals surface area contributed by atoms with Crippen LogP contribution in [0.2, 0.25) is 0 Å². The van der Waals surface area contributed by atoms with Crippen LogP contribution in [0.15, 0.2) is 30.3 Å². The van der Waals surface area contributed by atoms with E-state index in [1.807, 2.05) is 6.07 Å². The zero-order valence-electron chi connectivity index (χ0n) is 12.2. The maximum absolute atomic E-state index is 12.6. The van der Waals surface area contributed by atoms with Gasteiger partial charge in [0.15, 0.2) is 0 Å². The van der Waals surface area contributed by atoms with Crippen molar-refractivity contribution in [2.75, 3.05) is 39.3 Å². The van der Waals surface area contributed by atoms with Gasteiger partial charge in [-0.3, -0.25) is 0 Å². The second kappa shape index (κ2) is 6.44. The Balaban J connectivity index is 1.62. The van der Waals surface area contributed by atoms with Gasteiger partial charge in [-0.05, 0) is 24.3 Å². The third-order valence-corrected chi connectivity index (χ3v) is 6.49. The summed E-state index contributed by atoms with van der Waals surface area (Å²) < 4.78 is 28.5. The van der Waals surface area contributed by atoms with E-state index in [2.05, 4.69) is 29.6 Å². The Hall–Kier alpha value is -0.950. The minimum absolute atomic E-state index is 0.487. The van der Waals surface area contributed by atoms with Crippen LogP contribution in [-0.4, -0.2) is 56.3 Å². The van der Waals surface area contributed by atoms with Gasteiger partial charge in [-0.1, -0.05) is 30.3 Å². The molecule has 0 saturated carbocycles. The maximum Gasteiger partial charge on any atom is 0.282 e. The highest BCUT2D eigenvalue weighted by molar-refractivity contribution is 7.86. The van der Waals surface area contributed by atoms with Crippen molar-refractivity contribution in [3.05, 3.63) is 35.9 Å². The van der Waals surface area contributed by atoms with Gasteiger partial charge in [-0.15, -0.1) is 0 Å². The first-order valence-corrected chi connectivity index (χ1v) is 9.08. The molecule has 0 spiro atoms. The highest BCUT2D eigenvalue weighted by atomic mass is 32.2. The van der Waals surface area contributed by atoms with E-state index in [0.717, 1.165) is 25.9 Å². The predicted octanol–water partition coefficient (Wildman–Crippen LogP) is 1.02. The summed E-state index contributed by atoms with van der Waals surface area (Å²) in [7, 11) is -3.26. The molecule has 2 heterocycles. The summed E-state index contributed by atoms with van der Waals surface area (Å²) in [6.07, 6.45) is 1.82. The molecule has 1 aromatic carbocycles. The zero-order chi connectivity index (χ0) is 14.7. The van der Waals surface area contributed by atoms with E-state index in [0.29, 0.717) is 32.1 Å². The van der Waals surface area contributed by atoms with Crippen molar-refractivity contribution in [2.24, 2.45) is 0 Å². The molecule has 0 amide bonds. The van der Waals surface area contributed by atoms with Crippen LogP contribution in [0.1, 0.15) is 24.3 Å². The second-order valence-corrected chi connectivity index (χ2v) is 7.67. The van der Waals surface area contributed by atoms with Crippen molar-refractivity contribution in [2.45, 2.75) is 18.8 Å². The minimum Gasteiger partial charge on any atom is -0.314 e. The van der Waals surface area contributed by atoms with Gasteiger partial charge in [-0.25, -0.2) is 0 Å². The molecule has 21 heavy (non-hydrogen) atoms. The summed E-state index contributed by atoms with van der Waals surface area (Å²) in [6.45, 7) is 3.93. The number of nitrogens with one attached hydrogen (secondary N) is 1. The fourth-order valence-electron chi connectivity index (χ4n) is 3.18. The Kier molecular flexibility index (Phi) is 4.59. The molecule has 2 aliphatic rings. The molecule has 116 valence electrons. The molecule has 5 nitrogen and oxygen atoms in total. The average Bonchev–Trinajstić information content (AvgIpc) is 2.57. The van der Waals surface area contributed by atoms with E-state index < -0.39 is 10.2 Å². The molecule has 2 fully saturated rings. The molecule has 2 aliphatic heterocycles. The number of hydrogen-bond acceptors (Lipinski definition) is 3. The molecule has 3 rings (SSSR count). The molecule has 1 aromatic rings. The smallest absolute Gasteiger partial charge is 0.282 e. The van der Waals surface area contributed by atoms with E-state index in [1.54, 1.807) is 8.61 Å². The fraction of sp³-hybridized carbons (Fsp3) is 0.600. The van der Waals surface area contributed by atoms with Crippen LogP contribution in [0, 0.1) is 0 Å². The predicted molar refractivity (Wildman–Crippen MR) is 83.4 cm³/mol. The first-order chi connectivity index (χ1) is 10.2. The molecule has 0 unspecified atom stereocenters. The first kappa shape index (κ1) is 15.0. The number of benzene rings is 1. The van der Waals surface area contributed by atoms with Crippen molar-refractivity contribution >= 4 is 10.2 Å². The van der Waals surface area contributed by atoms with Crippen LogP contribution in [0.5, 0.6) is 0 Å². The Morgan fingerprint density at radius 2 is 1.48 bits per heavy atom. The molecule has 0 radical (unpaired) electrons. The number of rotatable bonds is 3. The lowest BCUT2D eigenvalue weighted by molar-refractivity contribution is 0.275. The standard InChI is InChI=1S/C15H23N3O2S/c19-21(20,18-12-8-16-9-13-18)17-10-6-15(7-11-17)14-4-2-1-3-5-14/h1-5,15-16H,6-13H2. The quantitative estimate of drug-likeness (QED) is 0.907. The summed E-state index contributed by atoms with van der Waals surface area (Å²) in [5.41, 5.74) is 1.33. The third kappa shape index (κ3) is 3.29. The second-order valence-electron chi connectivity index (χ2n) is 5.74. The van der Waals surface area contributed by atoms with Crippen molar-refractivity contribution in [3.63, 3.8) is 0 Å². The molecule has 0 bridgehead atoms. The van der Waals surface area contributed by atoms with E-state index in [-0.39, 0.29) is 0 Å². The van der Waals surface area contributed by atoms with E-state index >= 15 is 0 Å². The topological polar surface area (TPSA) is 52.7 Å². The lowest BCUT2D eigenvalue weighted by atomic mass is 9.90. The van der Waals surface area contributed by atoms with Gasteiger partial charge in [0, 0.05) is 39.3 Å². The van der Waals surface area contributed by atoms with Crippen LogP contribution >= 0.6 is 0 Å². The van der Waals surface area contributed by atoms with Crippen LogP contribution < -0.4 is 5.32 Å². The molecule has 0 aromatic heterocycles. The van der Waals surface area contributed by atoms with Gasteiger partial charge in [-0.2, -0.15) is 17.0 Å². The summed E-state index contributed by atoms with van der Waals surface area (Å²) in [6, 6.07) is 10.4. The largest absolute Gasteiger partial charge is 0.314 e. The molecule has 6 heteroatoms. The SMILES string of the molecule is O=S(=O)(N1CCNCC1)N1CCC(c2ccccc2)CC1. The normalized spacial score (nSPS) is 23.2. The molecule has 0 aliphatic carbocycles. The van der Waals surface area contributed by atoms with Gasteiger partial charge < -0.3 is 5.32 Å². The van der Waals surface area contributed by atoms with Gasteiger partial charge >= 0.3 is 0 Å². The monoisotopic (exact) mass is 309 g/mol. The van der Waals surface area contributed by atoms with Gasteiger partial charge in [0.2, 0.25) is 0 Å². The van der Waals surface area contributed by atoms with Crippen molar-refractivity contribution in [1.82, 2.24) is 13.9 Å². The highest BCUT2D eigenvalue weighted by Gasteiger charge is 2.33. The van der Waals surface area contributed by atoms with E-state index in [4.69, 9.17) is 0 Å². The Morgan fingerprint density at radius 1 is 0.905 bits per heavy atom. The lowest BCUT2D eigenvalue weighted by Gasteiger charge is -2.36. The van der Waals surface area contributed by atoms with E-state index in [1.165, 1.54) is 5.56 Å². The zero-order valence-corrected chi connectivity index (χ0v) is 13.1. The van der Waals surface area contributed by atoms with Crippen molar-refractivity contribution in [1.29, 1.82) is 0 Å². The van der Waals surface area contributed by atoms with Gasteiger partial charge in [0.25, 0.3) is 10.2 Å². The third-order valence-electron chi connectivity index (χ3n) is 4.45. The summed E-state index contributed by atoms with van der Waals surface area (Å²) in [5.74, 6) is 0.487. The molecular weight excluding hydrogens is 286 g/mol. The fourth-order valence-corrected chi connectivity index (χ4v) is 4.83. The number of piperazine rings is 1. The molecular formula is C15H23N3O2S. The minimum atomic E-state index is -3.26. The summed E-state index contributed by atoms with van der Waals surface area (Å²) in [4.78, 5) is 0. The van der Waals surface area contributed by atoms with Gasteiger partial charge in [0.05, 0.1) is 0 Å². The number of hydrogen-bond donors (Lipinski definition) is 1. The van der Waals surface area contributed by atoms with E-state index in [9.17, 15) is 8.42 Å². The van der Waals surface area contributed by atoms with Gasteiger partial charge in [0.1, 0.15) is 0 Å². The first-order valence-electron chi connectivity index (χ1n) is 7.69. The number of nitrogens with zero attached hydrogens (tertiary/aromatic N) is 2. The Morgan fingerprint density at radius 3 is 2.10 bits per heavy atom.